The van der Waals surface area contributed by atoms with Crippen molar-refractivity contribution in [2.75, 3.05) is 12.0 Å². The first kappa shape index (κ1) is 15.4. The van der Waals surface area contributed by atoms with Crippen LogP contribution in [0, 0.1) is 0 Å². The summed E-state index contributed by atoms with van der Waals surface area (Å²) in [4.78, 5) is 23.3. The number of rotatable bonds is 6. The fraction of sp³-hybridized carbons (Fsp3) is 0.250. The van der Waals surface area contributed by atoms with Crippen molar-refractivity contribution < 1.29 is 14.7 Å². The summed E-state index contributed by atoms with van der Waals surface area (Å²) in [5.74, 6) is -0.665. The molecule has 0 bridgehead atoms. The van der Waals surface area contributed by atoms with Crippen molar-refractivity contribution >= 4 is 34.4 Å². The molecule has 0 fully saturated rings. The van der Waals surface area contributed by atoms with Crippen LogP contribution in [0.15, 0.2) is 42.5 Å². The zero-order valence-electron chi connectivity index (χ0n) is 11.7. The van der Waals surface area contributed by atoms with E-state index in [1.807, 2.05) is 36.6 Å². The van der Waals surface area contributed by atoms with Crippen LogP contribution in [0.3, 0.4) is 0 Å². The molecule has 0 aliphatic carbocycles. The number of hydrogen-bond donors (Lipinski definition) is 2. The first-order valence-electron chi connectivity index (χ1n) is 6.63. The molecule has 1 amide bonds. The fourth-order valence-electron chi connectivity index (χ4n) is 2.07. The van der Waals surface area contributed by atoms with Gasteiger partial charge in [0.25, 0.3) is 5.91 Å². The predicted octanol–water partition coefficient (Wildman–Crippen LogP) is 2.78. The molecule has 0 saturated heterocycles. The molecule has 1 atom stereocenters. The third-order valence-corrected chi connectivity index (χ3v) is 3.87. The third kappa shape index (κ3) is 3.98. The quantitative estimate of drug-likeness (QED) is 0.861. The van der Waals surface area contributed by atoms with Crippen LogP contribution in [0.4, 0.5) is 0 Å². The molecule has 0 aliphatic rings. The van der Waals surface area contributed by atoms with E-state index < -0.39 is 12.0 Å². The molecule has 4 nitrogen and oxygen atoms in total. The molecule has 0 aliphatic heterocycles. The molecule has 2 aromatic rings. The van der Waals surface area contributed by atoms with Crippen LogP contribution in [0.25, 0.3) is 10.8 Å². The summed E-state index contributed by atoms with van der Waals surface area (Å²) in [6.07, 6.45) is 2.32. The number of carbonyl (C=O) groups excluding carboxylic acids is 1. The van der Waals surface area contributed by atoms with E-state index in [4.69, 9.17) is 5.11 Å². The Kier molecular flexibility index (Phi) is 5.22. The van der Waals surface area contributed by atoms with E-state index >= 15 is 0 Å². The second kappa shape index (κ2) is 7.13. The zero-order valence-corrected chi connectivity index (χ0v) is 12.5. The van der Waals surface area contributed by atoms with E-state index in [2.05, 4.69) is 5.32 Å². The number of fused-ring (bicyclic) bond motifs is 1. The van der Waals surface area contributed by atoms with Crippen molar-refractivity contribution in [2.45, 2.75) is 12.5 Å². The lowest BCUT2D eigenvalue weighted by atomic mass is 10.1. The Labute approximate surface area is 127 Å². The second-order valence-electron chi connectivity index (χ2n) is 4.71. The second-order valence-corrected chi connectivity index (χ2v) is 5.69. The normalized spacial score (nSPS) is 12.0. The van der Waals surface area contributed by atoms with E-state index in [0.29, 0.717) is 17.7 Å². The molecule has 1 unspecified atom stereocenters. The number of aliphatic carboxylic acids is 1. The third-order valence-electron chi connectivity index (χ3n) is 3.23. The van der Waals surface area contributed by atoms with E-state index in [1.165, 1.54) is 0 Å². The van der Waals surface area contributed by atoms with Crippen LogP contribution < -0.4 is 5.32 Å². The van der Waals surface area contributed by atoms with Gasteiger partial charge in [-0.1, -0.05) is 30.3 Å². The Balaban J connectivity index is 2.15. The molecule has 0 saturated carbocycles. The molecule has 0 heterocycles. The number of benzene rings is 2. The molecular weight excluding hydrogens is 286 g/mol. The average molecular weight is 303 g/mol. The van der Waals surface area contributed by atoms with Gasteiger partial charge >= 0.3 is 5.97 Å². The van der Waals surface area contributed by atoms with Gasteiger partial charge in [-0.05, 0) is 41.3 Å². The van der Waals surface area contributed by atoms with Gasteiger partial charge in [-0.25, -0.2) is 4.79 Å². The maximum Gasteiger partial charge on any atom is 0.326 e. The monoisotopic (exact) mass is 303 g/mol. The molecule has 21 heavy (non-hydrogen) atoms. The summed E-state index contributed by atoms with van der Waals surface area (Å²) in [6, 6.07) is 12.2. The molecule has 0 aromatic heterocycles. The number of thioether (sulfide) groups is 1. The van der Waals surface area contributed by atoms with Gasteiger partial charge in [0, 0.05) is 5.56 Å². The van der Waals surface area contributed by atoms with Crippen LogP contribution in [0.2, 0.25) is 0 Å². The number of nitrogens with one attached hydrogen (secondary N) is 1. The Morgan fingerprint density at radius 2 is 1.90 bits per heavy atom. The van der Waals surface area contributed by atoms with Crippen LogP contribution in [-0.4, -0.2) is 35.0 Å². The molecular formula is C16H17NO3S. The summed E-state index contributed by atoms with van der Waals surface area (Å²) in [6.45, 7) is 0. The van der Waals surface area contributed by atoms with Gasteiger partial charge in [0.05, 0.1) is 0 Å². The van der Waals surface area contributed by atoms with Crippen LogP contribution >= 0.6 is 11.8 Å². The number of carboxylic acid groups (broad SMARTS) is 1. The van der Waals surface area contributed by atoms with Gasteiger partial charge in [-0.2, -0.15) is 11.8 Å². The largest absolute Gasteiger partial charge is 0.480 e. The number of amides is 1. The van der Waals surface area contributed by atoms with Gasteiger partial charge in [-0.15, -0.1) is 0 Å². The maximum atomic E-state index is 12.2. The molecule has 2 N–H and O–H groups in total. The predicted molar refractivity (Wildman–Crippen MR) is 85.8 cm³/mol. The summed E-state index contributed by atoms with van der Waals surface area (Å²) in [5.41, 5.74) is 0.476. The van der Waals surface area contributed by atoms with Gasteiger partial charge in [0.2, 0.25) is 0 Å². The molecule has 5 heteroatoms. The molecule has 110 valence electrons. The van der Waals surface area contributed by atoms with Gasteiger partial charge in [-0.3, -0.25) is 4.79 Å². The summed E-state index contributed by atoms with van der Waals surface area (Å²) in [5, 5.41) is 13.7. The molecule has 2 rings (SSSR count). The lowest BCUT2D eigenvalue weighted by Gasteiger charge is -2.14. The maximum absolute atomic E-state index is 12.2. The zero-order chi connectivity index (χ0) is 15.2. The summed E-state index contributed by atoms with van der Waals surface area (Å²) < 4.78 is 0. The minimum atomic E-state index is -1.00. The van der Waals surface area contributed by atoms with Gasteiger partial charge in [0.15, 0.2) is 0 Å². The lowest BCUT2D eigenvalue weighted by molar-refractivity contribution is -0.139. The number of carboxylic acids is 1. The highest BCUT2D eigenvalue weighted by molar-refractivity contribution is 7.98. The van der Waals surface area contributed by atoms with Gasteiger partial charge < -0.3 is 10.4 Å². The van der Waals surface area contributed by atoms with Gasteiger partial charge in [0.1, 0.15) is 6.04 Å². The fourth-order valence-corrected chi connectivity index (χ4v) is 2.54. The van der Waals surface area contributed by atoms with Crippen molar-refractivity contribution in [1.82, 2.24) is 5.32 Å². The van der Waals surface area contributed by atoms with E-state index in [-0.39, 0.29) is 5.91 Å². The van der Waals surface area contributed by atoms with Crippen molar-refractivity contribution in [3.63, 3.8) is 0 Å². The smallest absolute Gasteiger partial charge is 0.326 e. The van der Waals surface area contributed by atoms with E-state index in [0.717, 1.165) is 10.8 Å². The Bertz CT molecular complexity index is 657. The number of hydrogen-bond acceptors (Lipinski definition) is 3. The minimum Gasteiger partial charge on any atom is -0.480 e. The topological polar surface area (TPSA) is 66.4 Å². The lowest BCUT2D eigenvalue weighted by Crippen LogP contribution is -2.41. The van der Waals surface area contributed by atoms with Crippen LogP contribution in [0.5, 0.6) is 0 Å². The highest BCUT2D eigenvalue weighted by Gasteiger charge is 2.20. The minimum absolute atomic E-state index is 0.353. The Hall–Kier alpha value is -2.01. The van der Waals surface area contributed by atoms with Crippen LogP contribution in [-0.2, 0) is 4.79 Å². The van der Waals surface area contributed by atoms with E-state index in [9.17, 15) is 9.59 Å². The first-order chi connectivity index (χ1) is 10.1. The highest BCUT2D eigenvalue weighted by Crippen LogP contribution is 2.15. The van der Waals surface area contributed by atoms with Crippen molar-refractivity contribution in [1.29, 1.82) is 0 Å². The standard InChI is InChI=1S/C16H17NO3S/c1-21-9-8-14(16(19)20)17-15(18)13-7-6-11-4-2-3-5-12(11)10-13/h2-7,10,14H,8-9H2,1H3,(H,17,18)(H,19,20). The first-order valence-corrected chi connectivity index (χ1v) is 8.02. The summed E-state index contributed by atoms with van der Waals surface area (Å²) in [7, 11) is 0. The Morgan fingerprint density at radius 3 is 2.57 bits per heavy atom. The Morgan fingerprint density at radius 1 is 1.19 bits per heavy atom. The van der Waals surface area contributed by atoms with Crippen LogP contribution in [0.1, 0.15) is 16.8 Å². The van der Waals surface area contributed by atoms with Crippen molar-refractivity contribution in [3.8, 4) is 0 Å². The summed E-state index contributed by atoms with van der Waals surface area (Å²) >= 11 is 1.56. The molecule has 2 aromatic carbocycles. The SMILES string of the molecule is CSCCC(NC(=O)c1ccc2ccccc2c1)C(=O)O. The highest BCUT2D eigenvalue weighted by atomic mass is 32.2. The van der Waals surface area contributed by atoms with Crippen molar-refractivity contribution in [3.05, 3.63) is 48.0 Å². The van der Waals surface area contributed by atoms with Crippen molar-refractivity contribution in [2.24, 2.45) is 0 Å². The van der Waals surface area contributed by atoms with E-state index in [1.54, 1.807) is 23.9 Å². The molecule has 0 radical (unpaired) electrons. The molecule has 0 spiro atoms. The number of carbonyl (C=O) groups is 2. The average Bonchev–Trinajstić information content (AvgIpc) is 2.50.